The molecule has 1 N–H and O–H groups in total. The van der Waals surface area contributed by atoms with Crippen LogP contribution >= 0.6 is 23.2 Å². The molecule has 0 unspecified atom stereocenters. The van der Waals surface area contributed by atoms with Crippen molar-refractivity contribution < 1.29 is 14.3 Å². The number of carbonyl (C=O) groups excluding carboxylic acids is 2. The number of anilines is 1. The summed E-state index contributed by atoms with van der Waals surface area (Å²) in [6, 6.07) is 20.2. The van der Waals surface area contributed by atoms with Gasteiger partial charge in [-0.25, -0.2) is 0 Å². The Morgan fingerprint density at radius 3 is 2.32 bits per heavy atom. The van der Waals surface area contributed by atoms with Crippen molar-refractivity contribution in [2.24, 2.45) is 0 Å². The third kappa shape index (κ3) is 5.78. The molecule has 0 aliphatic carbocycles. The Kier molecular flexibility index (Phi) is 7.55. The van der Waals surface area contributed by atoms with E-state index in [-0.39, 0.29) is 18.4 Å². The van der Waals surface area contributed by atoms with Gasteiger partial charge in [0.2, 0.25) is 5.91 Å². The highest BCUT2D eigenvalue weighted by atomic mass is 35.5. The summed E-state index contributed by atoms with van der Waals surface area (Å²) in [4.78, 5) is 26.1. The first-order valence-electron chi connectivity index (χ1n) is 9.61. The van der Waals surface area contributed by atoms with Crippen LogP contribution in [-0.2, 0) is 11.3 Å². The Morgan fingerprint density at radius 2 is 1.71 bits per heavy atom. The molecule has 1 aliphatic rings. The number of carbonyl (C=O) groups is 2. The van der Waals surface area contributed by atoms with Crippen molar-refractivity contribution in [3.8, 4) is 5.75 Å². The van der Waals surface area contributed by atoms with E-state index in [0.29, 0.717) is 22.8 Å². The van der Waals surface area contributed by atoms with Crippen molar-refractivity contribution in [2.45, 2.75) is 13.5 Å². The van der Waals surface area contributed by atoms with Gasteiger partial charge in [0.25, 0.3) is 5.91 Å². The molecule has 3 aromatic carbocycles. The molecule has 0 saturated carbocycles. The number of rotatable bonds is 3. The van der Waals surface area contributed by atoms with Crippen molar-refractivity contribution in [2.75, 3.05) is 18.6 Å². The van der Waals surface area contributed by atoms with Crippen LogP contribution in [0.25, 0.3) is 0 Å². The average Bonchev–Trinajstić information content (AvgIpc) is 2.89. The molecule has 1 heterocycles. The number of methoxy groups -OCH3 is 1. The summed E-state index contributed by atoms with van der Waals surface area (Å²) in [5.74, 6) is 0.281. The van der Waals surface area contributed by atoms with Gasteiger partial charge in [-0.2, -0.15) is 0 Å². The van der Waals surface area contributed by atoms with E-state index < -0.39 is 0 Å². The van der Waals surface area contributed by atoms with Gasteiger partial charge in [0, 0.05) is 10.0 Å². The van der Waals surface area contributed by atoms with Crippen LogP contribution in [-0.4, -0.2) is 25.5 Å². The van der Waals surface area contributed by atoms with E-state index in [0.717, 1.165) is 21.9 Å². The molecule has 31 heavy (non-hydrogen) atoms. The van der Waals surface area contributed by atoms with Crippen LogP contribution in [0.1, 0.15) is 21.5 Å². The number of fused-ring (bicyclic) bond motifs is 1. The van der Waals surface area contributed by atoms with Crippen molar-refractivity contribution in [3.05, 3.63) is 93.5 Å². The van der Waals surface area contributed by atoms with Gasteiger partial charge in [0.1, 0.15) is 5.75 Å². The summed E-state index contributed by atoms with van der Waals surface area (Å²) >= 11 is 11.7. The molecular weight excluding hydrogens is 435 g/mol. The Hall–Kier alpha value is -3.02. The number of hydrogen-bond acceptors (Lipinski definition) is 3. The number of nitrogens with one attached hydrogen (secondary N) is 1. The Labute approximate surface area is 191 Å². The van der Waals surface area contributed by atoms with Gasteiger partial charge in [-0.3, -0.25) is 9.59 Å². The monoisotopic (exact) mass is 456 g/mol. The molecule has 0 saturated heterocycles. The summed E-state index contributed by atoms with van der Waals surface area (Å²) in [5, 5.41) is 3.90. The third-order valence-electron chi connectivity index (χ3n) is 4.77. The zero-order valence-corrected chi connectivity index (χ0v) is 18.7. The topological polar surface area (TPSA) is 58.6 Å². The molecule has 3 aromatic rings. The molecule has 4 rings (SSSR count). The second-order valence-electron chi connectivity index (χ2n) is 6.92. The molecular formula is C24H22Cl2N2O3. The number of nitrogens with zero attached hydrogens (tertiary/aromatic N) is 1. The van der Waals surface area contributed by atoms with Gasteiger partial charge >= 0.3 is 0 Å². The van der Waals surface area contributed by atoms with Crippen molar-refractivity contribution in [3.63, 3.8) is 0 Å². The minimum atomic E-state index is -0.298. The molecule has 0 spiro atoms. The maximum absolute atomic E-state index is 12.4. The van der Waals surface area contributed by atoms with Gasteiger partial charge in [-0.05, 0) is 54.4 Å². The maximum atomic E-state index is 12.4. The first kappa shape index (κ1) is 22.7. The number of amides is 2. The number of halogens is 2. The predicted octanol–water partition coefficient (Wildman–Crippen LogP) is 5.27. The zero-order valence-electron chi connectivity index (χ0n) is 17.2. The molecule has 1 aliphatic heterocycles. The Bertz CT molecular complexity index is 1060. The van der Waals surface area contributed by atoms with Crippen LogP contribution in [0.15, 0.2) is 66.7 Å². The molecule has 2 amide bonds. The highest BCUT2D eigenvalue weighted by molar-refractivity contribution is 6.31. The number of ether oxygens (including phenoxy) is 1. The summed E-state index contributed by atoms with van der Waals surface area (Å²) in [6.45, 7) is 2.32. The fourth-order valence-corrected chi connectivity index (χ4v) is 3.35. The average molecular weight is 457 g/mol. The Morgan fingerprint density at radius 1 is 1.00 bits per heavy atom. The smallest absolute Gasteiger partial charge is 0.253 e. The highest BCUT2D eigenvalue weighted by Gasteiger charge is 2.26. The summed E-state index contributed by atoms with van der Waals surface area (Å²) < 4.78 is 5.13. The van der Waals surface area contributed by atoms with Crippen LogP contribution in [0.3, 0.4) is 0 Å². The van der Waals surface area contributed by atoms with Gasteiger partial charge in [-0.15, -0.1) is 0 Å². The second-order valence-corrected chi connectivity index (χ2v) is 7.76. The lowest BCUT2D eigenvalue weighted by Crippen LogP contribution is -2.36. The number of benzene rings is 3. The molecule has 160 valence electrons. The van der Waals surface area contributed by atoms with Crippen LogP contribution in [0.4, 0.5) is 5.69 Å². The predicted molar refractivity (Wildman–Crippen MR) is 124 cm³/mol. The van der Waals surface area contributed by atoms with Crippen molar-refractivity contribution in [1.29, 1.82) is 0 Å². The van der Waals surface area contributed by atoms with Gasteiger partial charge in [0.05, 0.1) is 31.5 Å². The fourth-order valence-electron chi connectivity index (χ4n) is 3.04. The molecule has 5 nitrogen and oxygen atoms in total. The van der Waals surface area contributed by atoms with E-state index in [2.05, 4.69) is 5.32 Å². The maximum Gasteiger partial charge on any atom is 0.253 e. The quantitative estimate of drug-likeness (QED) is 0.583. The van der Waals surface area contributed by atoms with Crippen molar-refractivity contribution >= 4 is 40.7 Å². The summed E-state index contributed by atoms with van der Waals surface area (Å²) in [5.41, 5.74) is 3.03. The molecule has 0 fully saturated rings. The van der Waals surface area contributed by atoms with E-state index in [1.807, 2.05) is 55.5 Å². The van der Waals surface area contributed by atoms with Crippen LogP contribution < -0.4 is 15.0 Å². The SMILES string of the molecule is COc1ccc(CN2C(=O)CNC(=O)c3cc(Cl)ccc32)cc1.Cc1ccccc1Cl. The largest absolute Gasteiger partial charge is 0.497 e. The van der Waals surface area contributed by atoms with Crippen LogP contribution in [0, 0.1) is 6.92 Å². The molecule has 0 aromatic heterocycles. The lowest BCUT2D eigenvalue weighted by atomic mass is 10.1. The van der Waals surface area contributed by atoms with Gasteiger partial charge in [0.15, 0.2) is 0 Å². The minimum Gasteiger partial charge on any atom is -0.497 e. The van der Waals surface area contributed by atoms with E-state index in [1.54, 1.807) is 30.2 Å². The summed E-state index contributed by atoms with van der Waals surface area (Å²) in [7, 11) is 1.60. The molecule has 0 bridgehead atoms. The van der Waals surface area contributed by atoms with E-state index in [4.69, 9.17) is 27.9 Å². The van der Waals surface area contributed by atoms with Crippen LogP contribution in [0.5, 0.6) is 5.75 Å². The molecule has 0 radical (unpaired) electrons. The van der Waals surface area contributed by atoms with E-state index in [1.165, 1.54) is 0 Å². The number of aryl methyl sites for hydroxylation is 1. The second kappa shape index (κ2) is 10.3. The van der Waals surface area contributed by atoms with E-state index in [9.17, 15) is 9.59 Å². The normalized spacial score (nSPS) is 12.8. The lowest BCUT2D eigenvalue weighted by molar-refractivity contribution is -0.117. The van der Waals surface area contributed by atoms with E-state index >= 15 is 0 Å². The van der Waals surface area contributed by atoms with Crippen LogP contribution in [0.2, 0.25) is 10.0 Å². The Balaban J connectivity index is 0.000000287. The lowest BCUT2D eigenvalue weighted by Gasteiger charge is -2.22. The number of hydrogen-bond donors (Lipinski definition) is 1. The highest BCUT2D eigenvalue weighted by Crippen LogP contribution is 2.28. The molecule has 0 atom stereocenters. The first-order chi connectivity index (χ1) is 14.9. The summed E-state index contributed by atoms with van der Waals surface area (Å²) in [6.07, 6.45) is 0. The molecule has 7 heteroatoms. The fraction of sp³-hybridized carbons (Fsp3) is 0.167. The van der Waals surface area contributed by atoms with Gasteiger partial charge in [-0.1, -0.05) is 53.5 Å². The third-order valence-corrected chi connectivity index (χ3v) is 5.43. The first-order valence-corrected chi connectivity index (χ1v) is 10.4. The zero-order chi connectivity index (χ0) is 22.4. The van der Waals surface area contributed by atoms with Gasteiger partial charge < -0.3 is 15.0 Å². The minimum absolute atomic E-state index is 0.0404. The van der Waals surface area contributed by atoms with Crippen molar-refractivity contribution in [1.82, 2.24) is 5.32 Å². The standard InChI is InChI=1S/C17H15ClN2O3.C7H7Cl/c1-23-13-5-2-11(3-6-13)10-20-15-7-4-12(18)8-14(15)17(22)19-9-16(20)21;1-6-4-2-3-5-7(6)8/h2-8H,9-10H2,1H3,(H,19,22);2-5H,1H3.